The number of hydrogen-bond donors (Lipinski definition) is 2. The first-order chi connectivity index (χ1) is 12.2. The number of morpholine rings is 1. The van der Waals surface area contributed by atoms with Crippen LogP contribution in [-0.4, -0.2) is 63.3 Å². The smallest absolute Gasteiger partial charge is 0.191 e. The van der Waals surface area contributed by atoms with Crippen LogP contribution < -0.4 is 10.6 Å². The van der Waals surface area contributed by atoms with Gasteiger partial charge in [0.05, 0.1) is 13.2 Å². The van der Waals surface area contributed by atoms with Crippen molar-refractivity contribution in [1.29, 1.82) is 0 Å². The molecule has 5 nitrogen and oxygen atoms in total. The number of aliphatic imine (C=N–C) groups is 1. The molecule has 6 heteroatoms. The minimum atomic E-state index is 0. The van der Waals surface area contributed by atoms with E-state index in [-0.39, 0.29) is 24.0 Å². The summed E-state index contributed by atoms with van der Waals surface area (Å²) in [6.07, 6.45) is 1.17. The number of guanidine groups is 1. The Hall–Kier alpha value is -0.860. The predicted octanol–water partition coefficient (Wildman–Crippen LogP) is 2.47. The first-order valence-corrected chi connectivity index (χ1v) is 9.53. The van der Waals surface area contributed by atoms with Gasteiger partial charge in [0.2, 0.25) is 0 Å². The normalized spacial score (nSPS) is 21.4. The van der Waals surface area contributed by atoms with Crippen LogP contribution in [0.5, 0.6) is 0 Å². The molecule has 2 aliphatic rings. The minimum absolute atomic E-state index is 0. The summed E-state index contributed by atoms with van der Waals surface area (Å²) in [5.74, 6) is 2.11. The molecule has 1 heterocycles. The number of nitrogens with zero attached hydrogens (tertiary/aromatic N) is 2. The molecular formula is C20H33IN4O. The van der Waals surface area contributed by atoms with Crippen LogP contribution in [0.2, 0.25) is 0 Å². The van der Waals surface area contributed by atoms with Crippen LogP contribution >= 0.6 is 24.0 Å². The van der Waals surface area contributed by atoms with Crippen LogP contribution in [0.3, 0.4) is 0 Å². The first kappa shape index (κ1) is 21.4. The second-order valence-electron chi connectivity index (χ2n) is 7.39. The van der Waals surface area contributed by atoms with E-state index in [0.29, 0.717) is 17.9 Å². The summed E-state index contributed by atoms with van der Waals surface area (Å²) < 4.78 is 5.49. The van der Waals surface area contributed by atoms with Gasteiger partial charge in [-0.25, -0.2) is 0 Å². The van der Waals surface area contributed by atoms with Crippen LogP contribution in [0, 0.1) is 5.92 Å². The molecule has 1 aromatic carbocycles. The van der Waals surface area contributed by atoms with Crippen molar-refractivity contribution in [3.63, 3.8) is 0 Å². The summed E-state index contributed by atoms with van der Waals surface area (Å²) in [6, 6.07) is 9.24. The minimum Gasteiger partial charge on any atom is -0.379 e. The lowest BCUT2D eigenvalue weighted by molar-refractivity contribution is 0.00752. The maximum atomic E-state index is 5.49. The van der Waals surface area contributed by atoms with Crippen molar-refractivity contribution < 1.29 is 4.74 Å². The highest BCUT2D eigenvalue weighted by molar-refractivity contribution is 14.0. The Balaban J connectivity index is 0.00000243. The Bertz CT molecular complexity index is 587. The number of hydrogen-bond acceptors (Lipinski definition) is 3. The third-order valence-electron chi connectivity index (χ3n) is 5.46. The fourth-order valence-electron chi connectivity index (χ4n) is 3.88. The van der Waals surface area contributed by atoms with Gasteiger partial charge in [0.15, 0.2) is 5.96 Å². The zero-order chi connectivity index (χ0) is 17.6. The molecule has 2 unspecified atom stereocenters. The number of ether oxygens (including phenoxy) is 1. The van der Waals surface area contributed by atoms with Crippen LogP contribution in [0.4, 0.5) is 0 Å². The number of fused-ring (bicyclic) bond motifs is 1. The van der Waals surface area contributed by atoms with Crippen molar-refractivity contribution in [3.05, 3.63) is 35.4 Å². The molecule has 0 aromatic heterocycles. The van der Waals surface area contributed by atoms with Crippen LogP contribution in [-0.2, 0) is 11.2 Å². The van der Waals surface area contributed by atoms with E-state index < -0.39 is 0 Å². The fourth-order valence-corrected chi connectivity index (χ4v) is 3.88. The summed E-state index contributed by atoms with van der Waals surface area (Å²) in [4.78, 5) is 6.94. The third kappa shape index (κ3) is 5.33. The second-order valence-corrected chi connectivity index (χ2v) is 7.39. The lowest BCUT2D eigenvalue weighted by Gasteiger charge is -2.37. The molecule has 0 saturated carbocycles. The van der Waals surface area contributed by atoms with Gasteiger partial charge < -0.3 is 15.4 Å². The van der Waals surface area contributed by atoms with E-state index in [1.807, 2.05) is 7.05 Å². The molecule has 1 saturated heterocycles. The lowest BCUT2D eigenvalue weighted by Crippen LogP contribution is -2.53. The van der Waals surface area contributed by atoms with E-state index in [2.05, 4.69) is 58.6 Å². The van der Waals surface area contributed by atoms with Gasteiger partial charge in [-0.3, -0.25) is 9.89 Å². The van der Waals surface area contributed by atoms with E-state index in [1.165, 1.54) is 17.5 Å². The van der Waals surface area contributed by atoms with Crippen molar-refractivity contribution in [1.82, 2.24) is 15.5 Å². The molecule has 0 bridgehead atoms. The number of rotatable bonds is 6. The molecule has 1 fully saturated rings. The molecule has 1 aromatic rings. The second kappa shape index (κ2) is 10.5. The van der Waals surface area contributed by atoms with Crippen molar-refractivity contribution >= 4 is 29.9 Å². The molecule has 0 amide bonds. The number of halogens is 1. The maximum Gasteiger partial charge on any atom is 0.191 e. The van der Waals surface area contributed by atoms with Gasteiger partial charge in [0, 0.05) is 45.2 Å². The molecule has 0 spiro atoms. The quantitative estimate of drug-likeness (QED) is 0.380. The lowest BCUT2D eigenvalue weighted by atomic mass is 9.78. The highest BCUT2D eigenvalue weighted by Crippen LogP contribution is 2.33. The van der Waals surface area contributed by atoms with Gasteiger partial charge >= 0.3 is 0 Å². The van der Waals surface area contributed by atoms with Crippen LogP contribution in [0.1, 0.15) is 30.9 Å². The van der Waals surface area contributed by atoms with Crippen molar-refractivity contribution in [2.75, 3.05) is 46.4 Å². The highest BCUT2D eigenvalue weighted by Gasteiger charge is 2.26. The standard InChI is InChI=1S/C20H32N4O.HI/c1-15(2)19(24-8-10-25-11-9-24)14-23-20(21-3)22-13-17-12-16-6-4-5-7-18(16)17;/h4-7,15,17,19H,8-14H2,1-3H3,(H2,21,22,23);1H. The van der Waals surface area contributed by atoms with Crippen molar-refractivity contribution in [3.8, 4) is 0 Å². The Labute approximate surface area is 175 Å². The summed E-state index contributed by atoms with van der Waals surface area (Å²) >= 11 is 0. The molecule has 1 aliphatic carbocycles. The zero-order valence-electron chi connectivity index (χ0n) is 16.2. The largest absolute Gasteiger partial charge is 0.379 e. The number of nitrogens with one attached hydrogen (secondary N) is 2. The monoisotopic (exact) mass is 472 g/mol. The Morgan fingerprint density at radius 3 is 2.62 bits per heavy atom. The molecular weight excluding hydrogens is 439 g/mol. The van der Waals surface area contributed by atoms with E-state index in [1.54, 1.807) is 0 Å². The molecule has 2 N–H and O–H groups in total. The van der Waals surface area contributed by atoms with Gasteiger partial charge in [-0.15, -0.1) is 24.0 Å². The molecule has 3 rings (SSSR count). The third-order valence-corrected chi connectivity index (χ3v) is 5.46. The summed E-state index contributed by atoms with van der Waals surface area (Å²) in [6.45, 7) is 10.2. The maximum absolute atomic E-state index is 5.49. The number of benzene rings is 1. The van der Waals surface area contributed by atoms with Crippen molar-refractivity contribution in [2.45, 2.75) is 32.2 Å². The average molecular weight is 472 g/mol. The summed E-state index contributed by atoms with van der Waals surface area (Å²) in [5.41, 5.74) is 2.98. The van der Waals surface area contributed by atoms with E-state index >= 15 is 0 Å². The molecule has 1 aliphatic heterocycles. The Morgan fingerprint density at radius 1 is 1.23 bits per heavy atom. The molecule has 2 atom stereocenters. The Kier molecular flexibility index (Phi) is 8.63. The van der Waals surface area contributed by atoms with Gasteiger partial charge in [0.25, 0.3) is 0 Å². The van der Waals surface area contributed by atoms with Gasteiger partial charge in [0.1, 0.15) is 0 Å². The average Bonchev–Trinajstić information content (AvgIpc) is 2.61. The highest BCUT2D eigenvalue weighted by atomic mass is 127. The Morgan fingerprint density at radius 2 is 1.96 bits per heavy atom. The van der Waals surface area contributed by atoms with Crippen LogP contribution in [0.15, 0.2) is 29.3 Å². The van der Waals surface area contributed by atoms with E-state index in [9.17, 15) is 0 Å². The molecule has 0 radical (unpaired) electrons. The summed E-state index contributed by atoms with van der Waals surface area (Å²) in [5, 5.41) is 7.04. The first-order valence-electron chi connectivity index (χ1n) is 9.53. The van der Waals surface area contributed by atoms with Gasteiger partial charge in [-0.05, 0) is 23.5 Å². The zero-order valence-corrected chi connectivity index (χ0v) is 18.5. The van der Waals surface area contributed by atoms with Crippen LogP contribution in [0.25, 0.3) is 0 Å². The van der Waals surface area contributed by atoms with Gasteiger partial charge in [-0.1, -0.05) is 38.1 Å². The predicted molar refractivity (Wildman–Crippen MR) is 119 cm³/mol. The molecule has 146 valence electrons. The summed E-state index contributed by atoms with van der Waals surface area (Å²) in [7, 11) is 1.85. The van der Waals surface area contributed by atoms with E-state index in [0.717, 1.165) is 45.4 Å². The fraction of sp³-hybridized carbons (Fsp3) is 0.650. The topological polar surface area (TPSA) is 48.9 Å². The SMILES string of the molecule is CN=C(NCC1Cc2ccccc21)NCC(C(C)C)N1CCOCC1.I. The van der Waals surface area contributed by atoms with Gasteiger partial charge in [-0.2, -0.15) is 0 Å². The molecule has 26 heavy (non-hydrogen) atoms. The van der Waals surface area contributed by atoms with Crippen molar-refractivity contribution in [2.24, 2.45) is 10.9 Å². The van der Waals surface area contributed by atoms with E-state index in [4.69, 9.17) is 4.74 Å².